The van der Waals surface area contributed by atoms with E-state index in [0.717, 1.165) is 12.5 Å². The molecule has 0 aromatic heterocycles. The van der Waals surface area contributed by atoms with E-state index in [0.29, 0.717) is 0 Å². The van der Waals surface area contributed by atoms with Crippen molar-refractivity contribution in [3.05, 3.63) is 0 Å². The van der Waals surface area contributed by atoms with Crippen LogP contribution in [0, 0.1) is 23.0 Å². The number of nitriles is 2. The number of nitrogens with zero attached hydrogens (tertiary/aromatic N) is 2. The Labute approximate surface area is 51.1 Å². The van der Waals surface area contributed by atoms with Gasteiger partial charge in [-0.2, -0.15) is 10.5 Å². The van der Waals surface area contributed by atoms with Gasteiger partial charge in [-0.25, -0.2) is 0 Å². The quantitative estimate of drug-likeness (QED) is 0.358. The van der Waals surface area contributed by atoms with Crippen molar-refractivity contribution in [1.29, 1.82) is 10.5 Å². The van der Waals surface area contributed by atoms with Crippen LogP contribution in [-0.4, -0.2) is 10.2 Å². The summed E-state index contributed by atoms with van der Waals surface area (Å²) >= 11 is 0. The molecular weight excluding hydrogens is 140 g/mol. The van der Waals surface area contributed by atoms with Gasteiger partial charge in [-0.05, 0) is 0 Å². The summed E-state index contributed by atoms with van der Waals surface area (Å²) in [5.74, 6) is 0. The monoisotopic (exact) mass is 142 g/mol. The SMILES string of the molecule is N#CO.N#CO.[Fe]. The van der Waals surface area contributed by atoms with E-state index in [9.17, 15) is 0 Å². The molecule has 0 spiro atoms. The molecule has 0 aliphatic carbocycles. The van der Waals surface area contributed by atoms with Crippen molar-refractivity contribution < 1.29 is 27.3 Å². The first kappa shape index (κ1) is 16.5. The van der Waals surface area contributed by atoms with Crippen molar-refractivity contribution in [1.82, 2.24) is 0 Å². The van der Waals surface area contributed by atoms with Gasteiger partial charge in [-0.1, -0.05) is 0 Å². The maximum Gasteiger partial charge on any atom is 0.283 e. The third-order valence-corrected chi connectivity index (χ3v) is 0. The smallest absolute Gasteiger partial charge is 0.283 e. The third kappa shape index (κ3) is 60.4. The predicted molar refractivity (Wildman–Crippen MR) is 15.1 cm³/mol. The van der Waals surface area contributed by atoms with Crippen molar-refractivity contribution in [2.45, 2.75) is 0 Å². The topological polar surface area (TPSA) is 88.0 Å². The molecule has 7 heavy (non-hydrogen) atoms. The molecule has 0 saturated carbocycles. The van der Waals surface area contributed by atoms with Gasteiger partial charge in [0.05, 0.1) is 0 Å². The molecule has 0 unspecified atom stereocenters. The van der Waals surface area contributed by atoms with Crippen molar-refractivity contribution in [2.24, 2.45) is 0 Å². The van der Waals surface area contributed by atoms with Gasteiger partial charge in [0.2, 0.25) is 0 Å². The summed E-state index contributed by atoms with van der Waals surface area (Å²) in [7, 11) is 0. The molecule has 0 aliphatic rings. The van der Waals surface area contributed by atoms with Crippen LogP contribution < -0.4 is 0 Å². The summed E-state index contributed by atoms with van der Waals surface area (Å²) in [4.78, 5) is 0. The second kappa shape index (κ2) is 70.9. The van der Waals surface area contributed by atoms with E-state index in [4.69, 9.17) is 20.7 Å². The Bertz CT molecular complexity index is 68.7. The first-order valence-corrected chi connectivity index (χ1v) is 0.894. The fourth-order valence-corrected chi connectivity index (χ4v) is 0. The Hall–Kier alpha value is -0.901. The van der Waals surface area contributed by atoms with E-state index in [-0.39, 0.29) is 17.1 Å². The van der Waals surface area contributed by atoms with E-state index < -0.39 is 0 Å². The van der Waals surface area contributed by atoms with Crippen LogP contribution in [0.5, 0.6) is 0 Å². The van der Waals surface area contributed by atoms with Crippen molar-refractivity contribution >= 4 is 0 Å². The Morgan fingerprint density at radius 2 is 1.00 bits per heavy atom. The van der Waals surface area contributed by atoms with Crippen LogP contribution in [0.25, 0.3) is 0 Å². The van der Waals surface area contributed by atoms with Crippen LogP contribution in [0.15, 0.2) is 0 Å². The van der Waals surface area contributed by atoms with Crippen LogP contribution in [0.1, 0.15) is 0 Å². The maximum absolute atomic E-state index is 6.88. The summed E-state index contributed by atoms with van der Waals surface area (Å²) in [5.41, 5.74) is 0. The zero-order valence-electron chi connectivity index (χ0n) is 3.14. The van der Waals surface area contributed by atoms with Gasteiger partial charge < -0.3 is 10.2 Å². The maximum atomic E-state index is 6.88. The zero-order valence-corrected chi connectivity index (χ0v) is 4.25. The molecule has 0 amide bonds. The molecule has 5 heteroatoms. The van der Waals surface area contributed by atoms with Gasteiger partial charge in [-0.15, -0.1) is 0 Å². The van der Waals surface area contributed by atoms with E-state index in [1.807, 2.05) is 0 Å². The summed E-state index contributed by atoms with van der Waals surface area (Å²) in [6.07, 6.45) is 1.50. The molecule has 0 aromatic carbocycles. The van der Waals surface area contributed by atoms with Gasteiger partial charge >= 0.3 is 0 Å². The molecule has 0 rings (SSSR count). The van der Waals surface area contributed by atoms with E-state index in [1.165, 1.54) is 0 Å². The molecular formula is C2H2FeN2O2. The fraction of sp³-hybridized carbons (Fsp3) is 0. The Balaban J connectivity index is -0.0000000400. The van der Waals surface area contributed by atoms with Crippen molar-refractivity contribution in [3.63, 3.8) is 0 Å². The average molecular weight is 142 g/mol. The summed E-state index contributed by atoms with van der Waals surface area (Å²) in [6.45, 7) is 0. The Kier molecular flexibility index (Phi) is 167. The summed E-state index contributed by atoms with van der Waals surface area (Å²) in [5, 5.41) is 27.5. The Morgan fingerprint density at radius 3 is 1.00 bits per heavy atom. The van der Waals surface area contributed by atoms with Gasteiger partial charge in [0.15, 0.2) is 0 Å². The molecule has 0 heterocycles. The van der Waals surface area contributed by atoms with Gasteiger partial charge in [-0.3, -0.25) is 0 Å². The number of hydrogen-bond acceptors (Lipinski definition) is 4. The van der Waals surface area contributed by atoms with Crippen LogP contribution in [0.4, 0.5) is 0 Å². The van der Waals surface area contributed by atoms with Crippen LogP contribution in [0.2, 0.25) is 0 Å². The number of aliphatic hydroxyl groups excluding tert-OH is 2. The van der Waals surface area contributed by atoms with Gasteiger partial charge in [0.25, 0.3) is 12.5 Å². The second-order valence-electron chi connectivity index (χ2n) is 0.200. The van der Waals surface area contributed by atoms with Crippen molar-refractivity contribution in [2.75, 3.05) is 0 Å². The minimum Gasteiger partial charge on any atom is -0.443 e. The average Bonchev–Trinajstić information content (AvgIpc) is 1.39. The van der Waals surface area contributed by atoms with Crippen LogP contribution >= 0.6 is 0 Å². The molecule has 4 nitrogen and oxygen atoms in total. The molecule has 0 aromatic rings. The van der Waals surface area contributed by atoms with Crippen LogP contribution in [0.3, 0.4) is 0 Å². The molecule has 0 radical (unpaired) electrons. The third-order valence-electron chi connectivity index (χ3n) is 0. The predicted octanol–water partition coefficient (Wildman–Crippen LogP) is -0.323. The van der Waals surface area contributed by atoms with Crippen molar-refractivity contribution in [3.8, 4) is 12.5 Å². The first-order valence-electron chi connectivity index (χ1n) is 0.894. The molecule has 2 N–H and O–H groups in total. The Morgan fingerprint density at radius 1 is 1.00 bits per heavy atom. The minimum atomic E-state index is 0. The number of aliphatic hydroxyl groups is 2. The first-order chi connectivity index (χ1) is 2.83. The normalized spacial score (nSPS) is 2.00. The van der Waals surface area contributed by atoms with E-state index in [1.54, 1.807) is 0 Å². The summed E-state index contributed by atoms with van der Waals surface area (Å²) < 4.78 is 0. The molecule has 0 bridgehead atoms. The second-order valence-corrected chi connectivity index (χ2v) is 0.200. The van der Waals surface area contributed by atoms with Gasteiger partial charge in [0.1, 0.15) is 0 Å². The molecule has 0 aliphatic heterocycles. The van der Waals surface area contributed by atoms with E-state index in [2.05, 4.69) is 0 Å². The van der Waals surface area contributed by atoms with Gasteiger partial charge in [0, 0.05) is 17.1 Å². The minimum absolute atomic E-state index is 0. The van der Waals surface area contributed by atoms with Crippen LogP contribution in [-0.2, 0) is 17.1 Å². The molecule has 0 atom stereocenters. The standard InChI is InChI=1S/2CHNO.Fe/c2*2-1-3;/h2*3H;. The molecule has 0 fully saturated rings. The number of rotatable bonds is 0. The largest absolute Gasteiger partial charge is 0.443 e. The molecule has 40 valence electrons. The zero-order chi connectivity index (χ0) is 5.41. The molecule has 0 saturated heterocycles. The fourth-order valence-electron chi connectivity index (χ4n) is 0. The number of hydrogen-bond donors (Lipinski definition) is 2. The summed E-state index contributed by atoms with van der Waals surface area (Å²) in [6, 6.07) is 0. The van der Waals surface area contributed by atoms with E-state index >= 15 is 0 Å².